The highest BCUT2D eigenvalue weighted by molar-refractivity contribution is 5.98. The molecule has 0 radical (unpaired) electrons. The first kappa shape index (κ1) is 15.3. The summed E-state index contributed by atoms with van der Waals surface area (Å²) < 4.78 is 31.5. The van der Waals surface area contributed by atoms with Crippen molar-refractivity contribution in [2.75, 3.05) is 26.2 Å². The molecule has 0 aliphatic carbocycles. The third-order valence-electron chi connectivity index (χ3n) is 2.97. The molecule has 1 aromatic rings. The lowest BCUT2D eigenvalue weighted by atomic mass is 10.1. The van der Waals surface area contributed by atoms with Crippen molar-refractivity contribution in [3.8, 4) is 0 Å². The van der Waals surface area contributed by atoms with E-state index in [1.807, 2.05) is 0 Å². The van der Waals surface area contributed by atoms with E-state index < -0.39 is 33.7 Å². The molecule has 1 amide bonds. The standard InChI is InChI=1S/C12H13F2N3O4/c13-9-3-8(11(17(19)20)4-10(9)14)12(18)16-6-7-5-15-1-2-21-7/h3-4,7,15H,1-2,5-6H2,(H,16,18). The molecule has 1 aliphatic heterocycles. The van der Waals surface area contributed by atoms with Gasteiger partial charge in [-0.05, 0) is 6.07 Å². The van der Waals surface area contributed by atoms with Crippen molar-refractivity contribution < 1.29 is 23.2 Å². The van der Waals surface area contributed by atoms with Crippen molar-refractivity contribution in [2.45, 2.75) is 6.10 Å². The molecule has 2 rings (SSSR count). The van der Waals surface area contributed by atoms with Crippen LogP contribution in [0.15, 0.2) is 12.1 Å². The fourth-order valence-corrected chi connectivity index (χ4v) is 1.92. The van der Waals surface area contributed by atoms with Crippen LogP contribution in [0.2, 0.25) is 0 Å². The summed E-state index contributed by atoms with van der Waals surface area (Å²) in [5, 5.41) is 16.3. The molecule has 1 aliphatic rings. The van der Waals surface area contributed by atoms with Gasteiger partial charge in [0.2, 0.25) is 0 Å². The van der Waals surface area contributed by atoms with Crippen molar-refractivity contribution >= 4 is 11.6 Å². The van der Waals surface area contributed by atoms with Crippen molar-refractivity contribution in [1.29, 1.82) is 0 Å². The average Bonchev–Trinajstić information content (AvgIpc) is 2.48. The molecule has 1 aromatic carbocycles. The highest BCUT2D eigenvalue weighted by Crippen LogP contribution is 2.22. The Morgan fingerprint density at radius 3 is 2.81 bits per heavy atom. The van der Waals surface area contributed by atoms with E-state index in [0.29, 0.717) is 31.8 Å². The molecule has 0 spiro atoms. The summed E-state index contributed by atoms with van der Waals surface area (Å²) in [5.74, 6) is -3.55. The summed E-state index contributed by atoms with van der Waals surface area (Å²) >= 11 is 0. The Hall–Kier alpha value is -2.13. The number of carbonyl (C=O) groups is 1. The lowest BCUT2D eigenvalue weighted by Crippen LogP contribution is -2.45. The van der Waals surface area contributed by atoms with Gasteiger partial charge in [-0.1, -0.05) is 0 Å². The zero-order chi connectivity index (χ0) is 15.4. The molecule has 2 N–H and O–H groups in total. The quantitative estimate of drug-likeness (QED) is 0.627. The van der Waals surface area contributed by atoms with E-state index in [1.54, 1.807) is 0 Å². The Morgan fingerprint density at radius 2 is 2.19 bits per heavy atom. The van der Waals surface area contributed by atoms with Gasteiger partial charge in [0.1, 0.15) is 5.56 Å². The van der Waals surface area contributed by atoms with Gasteiger partial charge in [-0.25, -0.2) is 8.78 Å². The molecule has 1 heterocycles. The fourth-order valence-electron chi connectivity index (χ4n) is 1.92. The predicted molar refractivity (Wildman–Crippen MR) is 68.0 cm³/mol. The average molecular weight is 301 g/mol. The summed E-state index contributed by atoms with van der Waals surface area (Å²) in [7, 11) is 0. The minimum atomic E-state index is -1.38. The number of hydrogen-bond acceptors (Lipinski definition) is 5. The van der Waals surface area contributed by atoms with Gasteiger partial charge in [0.25, 0.3) is 11.6 Å². The summed E-state index contributed by atoms with van der Waals surface area (Å²) in [4.78, 5) is 21.8. The molecule has 0 saturated carbocycles. The third kappa shape index (κ3) is 3.70. The van der Waals surface area contributed by atoms with Gasteiger partial charge in [-0.15, -0.1) is 0 Å². The maximum absolute atomic E-state index is 13.2. The summed E-state index contributed by atoms with van der Waals surface area (Å²) in [6.45, 7) is 1.84. The number of hydrogen-bond donors (Lipinski definition) is 2. The van der Waals surface area contributed by atoms with Crippen LogP contribution in [0.3, 0.4) is 0 Å². The molecule has 21 heavy (non-hydrogen) atoms. The number of amides is 1. The van der Waals surface area contributed by atoms with Crippen LogP contribution in [0.25, 0.3) is 0 Å². The van der Waals surface area contributed by atoms with E-state index in [4.69, 9.17) is 4.74 Å². The highest BCUT2D eigenvalue weighted by atomic mass is 19.2. The molecular weight excluding hydrogens is 288 g/mol. The van der Waals surface area contributed by atoms with Crippen molar-refractivity contribution in [3.05, 3.63) is 39.4 Å². The van der Waals surface area contributed by atoms with E-state index in [1.165, 1.54) is 0 Å². The van der Waals surface area contributed by atoms with Gasteiger partial charge < -0.3 is 15.4 Å². The van der Waals surface area contributed by atoms with Gasteiger partial charge in [0.05, 0.1) is 23.7 Å². The molecular formula is C12H13F2N3O4. The number of morpholine rings is 1. The Morgan fingerprint density at radius 1 is 1.48 bits per heavy atom. The molecule has 9 heteroatoms. The molecule has 1 fully saturated rings. The Bertz CT molecular complexity index is 562. The Kier molecular flexibility index (Phi) is 4.76. The number of nitro benzene ring substituents is 1. The fraction of sp³-hybridized carbons (Fsp3) is 0.417. The largest absolute Gasteiger partial charge is 0.374 e. The van der Waals surface area contributed by atoms with Gasteiger partial charge in [0, 0.05) is 19.6 Å². The number of carbonyl (C=O) groups excluding carboxylic acids is 1. The smallest absolute Gasteiger partial charge is 0.285 e. The van der Waals surface area contributed by atoms with Crippen LogP contribution in [-0.4, -0.2) is 43.2 Å². The Balaban J connectivity index is 2.10. The van der Waals surface area contributed by atoms with E-state index in [0.717, 1.165) is 0 Å². The predicted octanol–water partition coefficient (Wildman–Crippen LogP) is 0.591. The summed E-state index contributed by atoms with van der Waals surface area (Å²) in [6, 6.07) is 0.908. The second-order valence-electron chi connectivity index (χ2n) is 4.45. The third-order valence-corrected chi connectivity index (χ3v) is 2.97. The van der Waals surface area contributed by atoms with Crippen LogP contribution in [-0.2, 0) is 4.74 Å². The van der Waals surface area contributed by atoms with E-state index in [-0.39, 0.29) is 12.6 Å². The van der Waals surface area contributed by atoms with Crippen LogP contribution >= 0.6 is 0 Å². The van der Waals surface area contributed by atoms with E-state index >= 15 is 0 Å². The number of nitro groups is 1. The normalized spacial score (nSPS) is 18.3. The van der Waals surface area contributed by atoms with Gasteiger partial charge in [0.15, 0.2) is 11.6 Å². The van der Waals surface area contributed by atoms with Crippen molar-refractivity contribution in [1.82, 2.24) is 10.6 Å². The number of nitrogens with one attached hydrogen (secondary N) is 2. The number of nitrogens with zero attached hydrogens (tertiary/aromatic N) is 1. The maximum atomic E-state index is 13.2. The molecule has 0 aromatic heterocycles. The monoisotopic (exact) mass is 301 g/mol. The number of benzene rings is 1. The second kappa shape index (κ2) is 6.55. The summed E-state index contributed by atoms with van der Waals surface area (Å²) in [6.07, 6.45) is -0.271. The number of ether oxygens (including phenoxy) is 1. The molecule has 1 saturated heterocycles. The molecule has 114 valence electrons. The topological polar surface area (TPSA) is 93.5 Å². The molecule has 1 unspecified atom stereocenters. The van der Waals surface area contributed by atoms with Crippen LogP contribution in [0, 0.1) is 21.7 Å². The molecule has 7 nitrogen and oxygen atoms in total. The minimum absolute atomic E-state index is 0.113. The first-order chi connectivity index (χ1) is 9.99. The highest BCUT2D eigenvalue weighted by Gasteiger charge is 2.24. The maximum Gasteiger partial charge on any atom is 0.285 e. The van der Waals surface area contributed by atoms with Crippen molar-refractivity contribution in [3.63, 3.8) is 0 Å². The lowest BCUT2D eigenvalue weighted by Gasteiger charge is -2.23. The zero-order valence-corrected chi connectivity index (χ0v) is 10.9. The minimum Gasteiger partial charge on any atom is -0.374 e. The second-order valence-corrected chi connectivity index (χ2v) is 4.45. The number of halogens is 2. The van der Waals surface area contributed by atoms with Gasteiger partial charge in [-0.2, -0.15) is 0 Å². The van der Waals surface area contributed by atoms with Gasteiger partial charge >= 0.3 is 0 Å². The Labute approximate surface area is 118 Å². The van der Waals surface area contributed by atoms with Crippen LogP contribution < -0.4 is 10.6 Å². The van der Waals surface area contributed by atoms with E-state index in [2.05, 4.69) is 10.6 Å². The zero-order valence-electron chi connectivity index (χ0n) is 10.9. The van der Waals surface area contributed by atoms with Crippen LogP contribution in [0.5, 0.6) is 0 Å². The lowest BCUT2D eigenvalue weighted by molar-refractivity contribution is -0.385. The number of rotatable bonds is 4. The summed E-state index contributed by atoms with van der Waals surface area (Å²) in [5.41, 5.74) is -1.31. The first-order valence-electron chi connectivity index (χ1n) is 6.23. The van der Waals surface area contributed by atoms with Crippen LogP contribution in [0.1, 0.15) is 10.4 Å². The van der Waals surface area contributed by atoms with Gasteiger partial charge in [-0.3, -0.25) is 14.9 Å². The SMILES string of the molecule is O=C(NCC1CNCCO1)c1cc(F)c(F)cc1[N+](=O)[O-]. The molecule has 1 atom stereocenters. The van der Waals surface area contributed by atoms with E-state index in [9.17, 15) is 23.7 Å². The molecule has 0 bridgehead atoms. The van der Waals surface area contributed by atoms with Crippen LogP contribution in [0.4, 0.5) is 14.5 Å². The first-order valence-corrected chi connectivity index (χ1v) is 6.23. The van der Waals surface area contributed by atoms with Crippen molar-refractivity contribution in [2.24, 2.45) is 0 Å².